The molecule has 4 rings (SSSR count). The van der Waals surface area contributed by atoms with Crippen molar-refractivity contribution in [3.8, 4) is 11.5 Å². The molecule has 6 nitrogen and oxygen atoms in total. The summed E-state index contributed by atoms with van der Waals surface area (Å²) in [6.07, 6.45) is 0.154. The Bertz CT molecular complexity index is 1110. The van der Waals surface area contributed by atoms with Crippen LogP contribution in [0.1, 0.15) is 39.5 Å². The number of ether oxygens (including phenoxy) is 2. The lowest BCUT2D eigenvalue weighted by Crippen LogP contribution is -2.34. The summed E-state index contributed by atoms with van der Waals surface area (Å²) in [6, 6.07) is 22.3. The highest BCUT2D eigenvalue weighted by atomic mass is 16.5. The molecule has 0 aliphatic carbocycles. The molecule has 0 spiro atoms. The van der Waals surface area contributed by atoms with E-state index in [1.54, 1.807) is 19.1 Å². The van der Waals surface area contributed by atoms with E-state index in [9.17, 15) is 9.59 Å². The van der Waals surface area contributed by atoms with Crippen molar-refractivity contribution in [2.45, 2.75) is 25.6 Å². The minimum atomic E-state index is -0.390. The number of nitrogens with zero attached hydrogens (tertiary/aromatic N) is 1. The third-order valence-electron chi connectivity index (χ3n) is 5.77. The fourth-order valence-corrected chi connectivity index (χ4v) is 4.05. The summed E-state index contributed by atoms with van der Waals surface area (Å²) < 4.78 is 10.6. The number of fused-ring (bicyclic) bond motifs is 1. The number of rotatable bonds is 8. The summed E-state index contributed by atoms with van der Waals surface area (Å²) in [7, 11) is 3.22. The van der Waals surface area contributed by atoms with Crippen molar-refractivity contribution in [2.75, 3.05) is 14.2 Å². The number of amides is 2. The minimum Gasteiger partial charge on any atom is -0.497 e. The lowest BCUT2D eigenvalue weighted by molar-refractivity contribution is -0.122. The highest BCUT2D eigenvalue weighted by Gasteiger charge is 2.34. The van der Waals surface area contributed by atoms with Gasteiger partial charge < -0.3 is 19.7 Å². The van der Waals surface area contributed by atoms with Crippen LogP contribution in [0.2, 0.25) is 0 Å². The lowest BCUT2D eigenvalue weighted by Gasteiger charge is -2.28. The molecule has 1 aliphatic heterocycles. The molecule has 6 heteroatoms. The number of para-hydroxylation sites is 1. The molecular formula is C26H26N2O4. The molecule has 2 amide bonds. The van der Waals surface area contributed by atoms with Gasteiger partial charge in [-0.25, -0.2) is 0 Å². The molecule has 3 aromatic carbocycles. The van der Waals surface area contributed by atoms with Crippen molar-refractivity contribution in [3.63, 3.8) is 0 Å². The molecule has 0 fully saturated rings. The molecular weight excluding hydrogens is 404 g/mol. The summed E-state index contributed by atoms with van der Waals surface area (Å²) >= 11 is 0. The molecule has 0 aromatic heterocycles. The molecule has 0 radical (unpaired) electrons. The van der Waals surface area contributed by atoms with Crippen molar-refractivity contribution < 1.29 is 19.1 Å². The zero-order valence-corrected chi connectivity index (χ0v) is 18.2. The van der Waals surface area contributed by atoms with Crippen LogP contribution in [-0.4, -0.2) is 30.9 Å². The predicted octanol–water partition coefficient (Wildman–Crippen LogP) is 4.11. The number of carbonyl (C=O) groups excluding carboxylic acids is 2. The third kappa shape index (κ3) is 4.44. The van der Waals surface area contributed by atoms with Gasteiger partial charge in [0.05, 0.1) is 26.7 Å². The van der Waals surface area contributed by atoms with Gasteiger partial charge in [0.2, 0.25) is 5.91 Å². The van der Waals surface area contributed by atoms with Gasteiger partial charge in [0.25, 0.3) is 5.91 Å². The summed E-state index contributed by atoms with van der Waals surface area (Å²) in [5, 5.41) is 2.97. The zero-order valence-electron chi connectivity index (χ0n) is 18.2. The molecule has 0 saturated heterocycles. The number of hydrogen-bond donors (Lipinski definition) is 1. The van der Waals surface area contributed by atoms with E-state index in [0.717, 1.165) is 28.2 Å². The Hall–Kier alpha value is -3.80. The smallest absolute Gasteiger partial charge is 0.255 e. The van der Waals surface area contributed by atoms with Crippen LogP contribution < -0.4 is 14.8 Å². The Morgan fingerprint density at radius 1 is 0.969 bits per heavy atom. The zero-order chi connectivity index (χ0) is 22.5. The number of carbonyl (C=O) groups is 2. The summed E-state index contributed by atoms with van der Waals surface area (Å²) in [5.74, 6) is 1.26. The van der Waals surface area contributed by atoms with Gasteiger partial charge in [-0.15, -0.1) is 0 Å². The first-order valence-electron chi connectivity index (χ1n) is 10.5. The molecule has 0 bridgehead atoms. The standard InChI is InChI=1S/C26H26N2O4/c1-31-21-13-11-18(12-14-21)23(28-17-20-8-3-5-9-22(20)26(28)30)15-25(29)27-16-19-7-4-6-10-24(19)32-2/h3-14,23H,15-17H2,1-2H3,(H,27,29)/t23-/m1/s1. The van der Waals surface area contributed by atoms with E-state index in [2.05, 4.69) is 5.32 Å². The van der Waals surface area contributed by atoms with Gasteiger partial charge in [0.15, 0.2) is 0 Å². The SMILES string of the molecule is COc1ccc([C@@H](CC(=O)NCc2ccccc2OC)N2Cc3ccccc3C2=O)cc1. The van der Waals surface area contributed by atoms with Gasteiger partial charge in [0, 0.05) is 24.2 Å². The van der Waals surface area contributed by atoms with Crippen LogP contribution >= 0.6 is 0 Å². The maximum absolute atomic E-state index is 13.1. The maximum atomic E-state index is 13.1. The molecule has 0 saturated carbocycles. The van der Waals surface area contributed by atoms with Crippen LogP contribution in [0.3, 0.4) is 0 Å². The van der Waals surface area contributed by atoms with Crippen LogP contribution in [0.4, 0.5) is 0 Å². The van der Waals surface area contributed by atoms with Crippen molar-refractivity contribution in [2.24, 2.45) is 0 Å². The Kier molecular flexibility index (Phi) is 6.40. The van der Waals surface area contributed by atoms with Gasteiger partial charge >= 0.3 is 0 Å². The van der Waals surface area contributed by atoms with Crippen LogP contribution in [0.5, 0.6) is 11.5 Å². The maximum Gasteiger partial charge on any atom is 0.255 e. The van der Waals surface area contributed by atoms with Crippen LogP contribution in [0.25, 0.3) is 0 Å². The van der Waals surface area contributed by atoms with Gasteiger partial charge in [-0.3, -0.25) is 9.59 Å². The molecule has 0 unspecified atom stereocenters. The highest BCUT2D eigenvalue weighted by Crippen LogP contribution is 2.34. The summed E-state index contributed by atoms with van der Waals surface area (Å²) in [5.41, 5.74) is 3.46. The van der Waals surface area contributed by atoms with E-state index >= 15 is 0 Å². The second-order valence-electron chi connectivity index (χ2n) is 7.67. The van der Waals surface area contributed by atoms with E-state index in [4.69, 9.17) is 9.47 Å². The minimum absolute atomic E-state index is 0.0565. The van der Waals surface area contributed by atoms with Crippen LogP contribution in [-0.2, 0) is 17.9 Å². The van der Waals surface area contributed by atoms with Crippen molar-refractivity contribution in [1.29, 1.82) is 0 Å². The average molecular weight is 431 g/mol. The van der Waals surface area contributed by atoms with Crippen molar-refractivity contribution in [3.05, 3.63) is 95.1 Å². The summed E-state index contributed by atoms with van der Waals surface area (Å²) in [4.78, 5) is 27.8. The monoisotopic (exact) mass is 430 g/mol. The van der Waals surface area contributed by atoms with Gasteiger partial charge in [-0.2, -0.15) is 0 Å². The van der Waals surface area contributed by atoms with E-state index < -0.39 is 6.04 Å². The van der Waals surface area contributed by atoms with Crippen LogP contribution in [0.15, 0.2) is 72.8 Å². The van der Waals surface area contributed by atoms with E-state index in [1.165, 1.54) is 0 Å². The molecule has 3 aromatic rings. The van der Waals surface area contributed by atoms with Crippen LogP contribution in [0, 0.1) is 0 Å². The molecule has 1 aliphatic rings. The molecule has 32 heavy (non-hydrogen) atoms. The van der Waals surface area contributed by atoms with Gasteiger partial charge in [-0.1, -0.05) is 48.5 Å². The number of hydrogen-bond acceptors (Lipinski definition) is 4. The van der Waals surface area contributed by atoms with E-state index in [1.807, 2.05) is 72.8 Å². The quantitative estimate of drug-likeness (QED) is 0.584. The normalized spacial score (nSPS) is 13.4. The average Bonchev–Trinajstić information content (AvgIpc) is 3.17. The van der Waals surface area contributed by atoms with Crippen molar-refractivity contribution in [1.82, 2.24) is 10.2 Å². The second-order valence-corrected chi connectivity index (χ2v) is 7.67. The molecule has 1 heterocycles. The second kappa shape index (κ2) is 9.56. The largest absolute Gasteiger partial charge is 0.497 e. The predicted molar refractivity (Wildman–Crippen MR) is 122 cm³/mol. The fourth-order valence-electron chi connectivity index (χ4n) is 4.05. The Balaban J connectivity index is 1.54. The Labute approximate surface area is 187 Å². The number of benzene rings is 3. The Morgan fingerprint density at radius 3 is 2.41 bits per heavy atom. The van der Waals surface area contributed by atoms with E-state index in [0.29, 0.717) is 18.7 Å². The van der Waals surface area contributed by atoms with Gasteiger partial charge in [0.1, 0.15) is 11.5 Å². The number of methoxy groups -OCH3 is 2. The first kappa shape index (κ1) is 21.4. The third-order valence-corrected chi connectivity index (χ3v) is 5.77. The molecule has 1 N–H and O–H groups in total. The fraction of sp³-hybridized carbons (Fsp3) is 0.231. The first-order chi connectivity index (χ1) is 15.6. The highest BCUT2D eigenvalue weighted by molar-refractivity contribution is 5.98. The number of nitrogens with one attached hydrogen (secondary N) is 1. The first-order valence-corrected chi connectivity index (χ1v) is 10.5. The molecule has 164 valence electrons. The molecule has 1 atom stereocenters. The van der Waals surface area contributed by atoms with Crippen molar-refractivity contribution >= 4 is 11.8 Å². The van der Waals surface area contributed by atoms with Gasteiger partial charge in [-0.05, 0) is 35.4 Å². The topological polar surface area (TPSA) is 67.9 Å². The van der Waals surface area contributed by atoms with E-state index in [-0.39, 0.29) is 18.2 Å². The lowest BCUT2D eigenvalue weighted by atomic mass is 10.0. The summed E-state index contributed by atoms with van der Waals surface area (Å²) in [6.45, 7) is 0.831. The Morgan fingerprint density at radius 2 is 1.69 bits per heavy atom.